The van der Waals surface area contributed by atoms with Crippen LogP contribution in [0.15, 0.2) is 28.7 Å². The van der Waals surface area contributed by atoms with E-state index in [9.17, 15) is 0 Å². The van der Waals surface area contributed by atoms with E-state index in [0.717, 1.165) is 16.6 Å². The second-order valence-electron chi connectivity index (χ2n) is 2.31. The zero-order valence-electron chi connectivity index (χ0n) is 6.89. The molecule has 0 aromatic heterocycles. The Labute approximate surface area is 81.3 Å². The summed E-state index contributed by atoms with van der Waals surface area (Å²) in [6, 6.07) is 7.94. The minimum absolute atomic E-state index is 0.724. The van der Waals surface area contributed by atoms with Crippen LogP contribution in [-0.2, 0) is 0 Å². The molecular weight excluding hydrogens is 214 g/mol. The fourth-order valence-corrected chi connectivity index (χ4v) is 1.17. The Bertz CT molecular complexity index is 309. The Morgan fingerprint density at radius 2 is 2.17 bits per heavy atom. The summed E-state index contributed by atoms with van der Waals surface area (Å²) in [5, 5.41) is 2.97. The molecular formula is C10H10BrN. The molecule has 0 bridgehead atoms. The van der Waals surface area contributed by atoms with Gasteiger partial charge in [-0.15, -0.1) is 0 Å². The van der Waals surface area contributed by atoms with Crippen molar-refractivity contribution >= 4 is 15.9 Å². The Kier molecular flexibility index (Phi) is 3.86. The first-order chi connectivity index (χ1) is 5.84. The first-order valence-corrected chi connectivity index (χ1v) is 4.52. The van der Waals surface area contributed by atoms with E-state index in [0.29, 0.717) is 0 Å². The van der Waals surface area contributed by atoms with E-state index < -0.39 is 0 Å². The van der Waals surface area contributed by atoms with Crippen molar-refractivity contribution in [3.8, 4) is 11.8 Å². The number of hydrogen-bond acceptors (Lipinski definition) is 1. The van der Waals surface area contributed by atoms with Gasteiger partial charge in [0, 0.05) is 10.0 Å². The highest BCUT2D eigenvalue weighted by Crippen LogP contribution is 2.13. The van der Waals surface area contributed by atoms with Crippen LogP contribution in [0.1, 0.15) is 5.56 Å². The Morgan fingerprint density at radius 3 is 2.83 bits per heavy atom. The summed E-state index contributed by atoms with van der Waals surface area (Å²) in [5.74, 6) is 6.06. The zero-order valence-corrected chi connectivity index (χ0v) is 8.48. The highest BCUT2D eigenvalue weighted by molar-refractivity contribution is 9.10. The lowest BCUT2D eigenvalue weighted by molar-refractivity contribution is 0.938. The largest absolute Gasteiger partial charge is 0.309 e. The Hall–Kier alpha value is -0.780. The van der Waals surface area contributed by atoms with E-state index in [-0.39, 0.29) is 0 Å². The highest BCUT2D eigenvalue weighted by Gasteiger charge is 1.90. The number of benzene rings is 1. The summed E-state index contributed by atoms with van der Waals surface area (Å²) in [6.45, 7) is 0.724. The van der Waals surface area contributed by atoms with Crippen molar-refractivity contribution in [2.75, 3.05) is 13.6 Å². The van der Waals surface area contributed by atoms with E-state index in [1.807, 2.05) is 31.3 Å². The summed E-state index contributed by atoms with van der Waals surface area (Å²) in [6.07, 6.45) is 0. The Morgan fingerprint density at radius 1 is 1.42 bits per heavy atom. The molecule has 1 aromatic carbocycles. The van der Waals surface area contributed by atoms with Gasteiger partial charge >= 0.3 is 0 Å². The molecule has 62 valence electrons. The van der Waals surface area contributed by atoms with Gasteiger partial charge in [-0.1, -0.05) is 24.0 Å². The predicted molar refractivity (Wildman–Crippen MR) is 54.9 cm³/mol. The molecule has 0 amide bonds. The molecule has 0 aliphatic rings. The molecule has 0 heterocycles. The van der Waals surface area contributed by atoms with Crippen LogP contribution in [0.25, 0.3) is 0 Å². The SMILES string of the molecule is CNCC#Cc1ccccc1Br. The molecule has 0 spiro atoms. The van der Waals surface area contributed by atoms with Crippen LogP contribution < -0.4 is 5.32 Å². The maximum absolute atomic E-state index is 3.43. The minimum atomic E-state index is 0.724. The molecule has 1 nitrogen and oxygen atoms in total. The average molecular weight is 224 g/mol. The van der Waals surface area contributed by atoms with Crippen LogP contribution in [0.3, 0.4) is 0 Å². The molecule has 0 fully saturated rings. The molecule has 0 saturated heterocycles. The van der Waals surface area contributed by atoms with E-state index in [1.165, 1.54) is 0 Å². The summed E-state index contributed by atoms with van der Waals surface area (Å²) in [4.78, 5) is 0. The summed E-state index contributed by atoms with van der Waals surface area (Å²) in [5.41, 5.74) is 1.03. The van der Waals surface area contributed by atoms with Crippen LogP contribution >= 0.6 is 15.9 Å². The molecule has 0 atom stereocenters. The number of nitrogens with one attached hydrogen (secondary N) is 1. The number of rotatable bonds is 1. The summed E-state index contributed by atoms with van der Waals surface area (Å²) >= 11 is 3.43. The maximum atomic E-state index is 3.43. The Balaban J connectivity index is 2.77. The van der Waals surface area contributed by atoms with Gasteiger partial charge in [0.1, 0.15) is 0 Å². The third-order valence-corrected chi connectivity index (χ3v) is 2.05. The van der Waals surface area contributed by atoms with Gasteiger partial charge in [-0.05, 0) is 35.1 Å². The van der Waals surface area contributed by atoms with Gasteiger partial charge in [-0.25, -0.2) is 0 Å². The molecule has 1 N–H and O–H groups in total. The van der Waals surface area contributed by atoms with E-state index in [1.54, 1.807) is 0 Å². The molecule has 0 radical (unpaired) electrons. The van der Waals surface area contributed by atoms with Crippen molar-refractivity contribution in [1.29, 1.82) is 0 Å². The van der Waals surface area contributed by atoms with Gasteiger partial charge in [0.2, 0.25) is 0 Å². The van der Waals surface area contributed by atoms with Gasteiger partial charge in [0.05, 0.1) is 6.54 Å². The topological polar surface area (TPSA) is 12.0 Å². The number of halogens is 1. The summed E-state index contributed by atoms with van der Waals surface area (Å²) < 4.78 is 1.05. The predicted octanol–water partition coefficient (Wildman–Crippen LogP) is 2.02. The van der Waals surface area contributed by atoms with E-state index >= 15 is 0 Å². The normalized spacial score (nSPS) is 8.83. The molecule has 12 heavy (non-hydrogen) atoms. The molecule has 2 heteroatoms. The monoisotopic (exact) mass is 223 g/mol. The maximum Gasteiger partial charge on any atom is 0.0577 e. The first kappa shape index (κ1) is 9.31. The molecule has 0 unspecified atom stereocenters. The second kappa shape index (κ2) is 4.97. The molecule has 0 aliphatic carbocycles. The third kappa shape index (κ3) is 2.69. The van der Waals surface area contributed by atoms with Crippen molar-refractivity contribution in [3.63, 3.8) is 0 Å². The lowest BCUT2D eigenvalue weighted by Crippen LogP contribution is -2.04. The lowest BCUT2D eigenvalue weighted by Gasteiger charge is -1.92. The lowest BCUT2D eigenvalue weighted by atomic mass is 10.2. The second-order valence-corrected chi connectivity index (χ2v) is 3.17. The van der Waals surface area contributed by atoms with E-state index in [2.05, 4.69) is 33.1 Å². The van der Waals surface area contributed by atoms with Crippen LogP contribution in [0.2, 0.25) is 0 Å². The minimum Gasteiger partial charge on any atom is -0.309 e. The van der Waals surface area contributed by atoms with Gasteiger partial charge in [0.25, 0.3) is 0 Å². The first-order valence-electron chi connectivity index (χ1n) is 3.72. The molecule has 1 rings (SSSR count). The fraction of sp³-hybridized carbons (Fsp3) is 0.200. The summed E-state index contributed by atoms with van der Waals surface area (Å²) in [7, 11) is 1.88. The standard InChI is InChI=1S/C10H10BrN/c1-12-8-4-6-9-5-2-3-7-10(9)11/h2-3,5,7,12H,8H2,1H3. The zero-order chi connectivity index (χ0) is 8.81. The smallest absolute Gasteiger partial charge is 0.0577 e. The van der Waals surface area contributed by atoms with E-state index in [4.69, 9.17) is 0 Å². The van der Waals surface area contributed by atoms with Crippen molar-refractivity contribution in [1.82, 2.24) is 5.32 Å². The van der Waals surface area contributed by atoms with Crippen LogP contribution in [0.5, 0.6) is 0 Å². The fourth-order valence-electron chi connectivity index (χ4n) is 0.790. The van der Waals surface area contributed by atoms with Gasteiger partial charge in [0.15, 0.2) is 0 Å². The van der Waals surface area contributed by atoms with Crippen molar-refractivity contribution < 1.29 is 0 Å². The third-order valence-electron chi connectivity index (χ3n) is 1.36. The van der Waals surface area contributed by atoms with Gasteiger partial charge < -0.3 is 5.32 Å². The van der Waals surface area contributed by atoms with Crippen LogP contribution in [-0.4, -0.2) is 13.6 Å². The molecule has 0 aliphatic heterocycles. The van der Waals surface area contributed by atoms with Gasteiger partial charge in [-0.3, -0.25) is 0 Å². The molecule has 0 saturated carbocycles. The van der Waals surface area contributed by atoms with Crippen LogP contribution in [0.4, 0.5) is 0 Å². The quantitative estimate of drug-likeness (QED) is 0.719. The molecule has 1 aromatic rings. The van der Waals surface area contributed by atoms with Crippen LogP contribution in [0, 0.1) is 11.8 Å². The van der Waals surface area contributed by atoms with Gasteiger partial charge in [-0.2, -0.15) is 0 Å². The number of hydrogen-bond donors (Lipinski definition) is 1. The average Bonchev–Trinajstić information content (AvgIpc) is 2.09. The van der Waals surface area contributed by atoms with Crippen molar-refractivity contribution in [2.45, 2.75) is 0 Å². The highest BCUT2D eigenvalue weighted by atomic mass is 79.9. The van der Waals surface area contributed by atoms with Crippen molar-refractivity contribution in [2.24, 2.45) is 0 Å². The van der Waals surface area contributed by atoms with Crippen molar-refractivity contribution in [3.05, 3.63) is 34.3 Å².